The molecule has 0 fully saturated rings. The Bertz CT molecular complexity index is 868. The van der Waals surface area contributed by atoms with Gasteiger partial charge in [-0.05, 0) is 17.5 Å². The van der Waals surface area contributed by atoms with E-state index in [1.54, 1.807) is 13.1 Å². The lowest BCUT2D eigenvalue weighted by Gasteiger charge is -2.49. The van der Waals surface area contributed by atoms with Gasteiger partial charge in [0.2, 0.25) is 0 Å². The van der Waals surface area contributed by atoms with Crippen LogP contribution in [0.3, 0.4) is 0 Å². The van der Waals surface area contributed by atoms with E-state index < -0.39 is 29.1 Å². The molecule has 4 N–H and O–H groups in total. The molecule has 1 aromatic rings. The zero-order valence-electron chi connectivity index (χ0n) is 19.4. The minimum absolute atomic E-state index is 0.0164. The summed E-state index contributed by atoms with van der Waals surface area (Å²) in [6.07, 6.45) is 1.74. The van der Waals surface area contributed by atoms with Crippen LogP contribution in [0.1, 0.15) is 33.3 Å². The Morgan fingerprint density at radius 1 is 1.19 bits per heavy atom. The van der Waals surface area contributed by atoms with Crippen LogP contribution >= 0.6 is 11.8 Å². The van der Waals surface area contributed by atoms with Crippen LogP contribution in [0, 0.1) is 4.78 Å². The zero-order chi connectivity index (χ0) is 23.5. The smallest absolute Gasteiger partial charge is 0.156 e. The molecule has 176 valence electrons. The molecular formula is C21H37N3O4S2Si. The number of hydrogen-bond acceptors (Lipinski definition) is 7. The molecule has 0 saturated heterocycles. The number of rotatable bonds is 10. The van der Waals surface area contributed by atoms with Gasteiger partial charge in [-0.25, -0.2) is 14.1 Å². The summed E-state index contributed by atoms with van der Waals surface area (Å²) in [6, 6.07) is 9.92. The van der Waals surface area contributed by atoms with Crippen LogP contribution in [0.5, 0.6) is 0 Å². The van der Waals surface area contributed by atoms with Gasteiger partial charge in [0.1, 0.15) is 25.1 Å². The Labute approximate surface area is 192 Å². The molecule has 0 aromatic heterocycles. The minimum atomic E-state index is -3.36. The maximum atomic E-state index is 12.2. The van der Waals surface area contributed by atoms with E-state index in [4.69, 9.17) is 19.4 Å². The van der Waals surface area contributed by atoms with Crippen LogP contribution in [0.4, 0.5) is 0 Å². The van der Waals surface area contributed by atoms with E-state index in [0.717, 1.165) is 5.56 Å². The highest BCUT2D eigenvalue weighted by atomic mass is 32.3. The molecule has 31 heavy (non-hydrogen) atoms. The Kier molecular flexibility index (Phi) is 8.46. The van der Waals surface area contributed by atoms with Crippen LogP contribution in [-0.2, 0) is 26.0 Å². The van der Waals surface area contributed by atoms with Crippen LogP contribution in [0.15, 0.2) is 40.8 Å². The van der Waals surface area contributed by atoms with Gasteiger partial charge in [-0.2, -0.15) is 0 Å². The normalized spacial score (nSPS) is 21.5. The topological polar surface area (TPSA) is 109 Å². The van der Waals surface area contributed by atoms with Crippen molar-refractivity contribution in [3.05, 3.63) is 46.3 Å². The maximum Gasteiger partial charge on any atom is 0.156 e. The number of nitrogens with one attached hydrogen (secondary N) is 1. The van der Waals surface area contributed by atoms with Crippen LogP contribution in [-0.4, -0.2) is 52.9 Å². The molecule has 0 saturated carbocycles. The fourth-order valence-corrected chi connectivity index (χ4v) is 8.26. The molecule has 0 spiro atoms. The molecule has 0 amide bonds. The first-order valence-electron chi connectivity index (χ1n) is 10.3. The summed E-state index contributed by atoms with van der Waals surface area (Å²) in [7, 11) is -5.49. The van der Waals surface area contributed by atoms with Crippen LogP contribution in [0.2, 0.25) is 18.1 Å². The second kappa shape index (κ2) is 9.94. The van der Waals surface area contributed by atoms with E-state index in [1.807, 2.05) is 30.3 Å². The summed E-state index contributed by atoms with van der Waals surface area (Å²) in [4.78, 5) is 0. The third-order valence-corrected chi connectivity index (χ3v) is 14.5. The fraction of sp³-hybridized carbons (Fsp3) is 0.619. The number of nitrogens with zero attached hydrogens (tertiary/aromatic N) is 1. The summed E-state index contributed by atoms with van der Waals surface area (Å²) in [6.45, 7) is 14.0. The van der Waals surface area contributed by atoms with Crippen LogP contribution in [0.25, 0.3) is 0 Å². The molecule has 0 bridgehead atoms. The number of thioether (sulfide) groups is 1. The molecule has 10 heteroatoms. The average Bonchev–Trinajstić information content (AvgIpc) is 3.12. The highest BCUT2D eigenvalue weighted by Gasteiger charge is 2.51. The molecule has 0 radical (unpaired) electrons. The summed E-state index contributed by atoms with van der Waals surface area (Å²) in [5.41, 5.74) is -0.135. The van der Waals surface area contributed by atoms with Crippen molar-refractivity contribution in [1.29, 1.82) is 4.78 Å². The lowest BCUT2D eigenvalue weighted by Crippen LogP contribution is -2.60. The predicted octanol–water partition coefficient (Wildman–Crippen LogP) is 4.07. The lowest BCUT2D eigenvalue weighted by molar-refractivity contribution is -0.0604. The van der Waals surface area contributed by atoms with Gasteiger partial charge < -0.3 is 19.1 Å². The Morgan fingerprint density at radius 2 is 1.77 bits per heavy atom. The minimum Gasteiger partial charge on any atom is -0.388 e. The van der Waals surface area contributed by atoms with Crippen molar-refractivity contribution in [2.45, 2.75) is 63.4 Å². The van der Waals surface area contributed by atoms with Crippen LogP contribution < -0.4 is 5.14 Å². The number of nitrogens with two attached hydrogens (primary N) is 1. The fourth-order valence-electron chi connectivity index (χ4n) is 3.03. The maximum absolute atomic E-state index is 12.2. The molecule has 1 aromatic carbocycles. The van der Waals surface area contributed by atoms with Gasteiger partial charge in [0.05, 0.1) is 26.4 Å². The first kappa shape index (κ1) is 26.4. The largest absolute Gasteiger partial charge is 0.388 e. The average molecular weight is 488 g/mol. The molecular weight excluding hydrogens is 450 g/mol. The second-order valence-electron chi connectivity index (χ2n) is 9.68. The van der Waals surface area contributed by atoms with Crippen molar-refractivity contribution in [3.8, 4) is 0 Å². The number of hydrogen-bond donors (Lipinski definition) is 3. The van der Waals surface area contributed by atoms with E-state index in [1.165, 1.54) is 11.8 Å². The highest BCUT2D eigenvalue weighted by molar-refractivity contribution is 8.18. The number of benzene rings is 1. The third kappa shape index (κ3) is 6.80. The monoisotopic (exact) mass is 487 g/mol. The SMILES string of the molecule is CC(O)(COCCOCc1ccccc1)C1SC(S(=N)(N)=O)=CN1[Si](C)(C)C(C)(C)C. The summed E-state index contributed by atoms with van der Waals surface area (Å²) >= 11 is 1.21. The van der Waals surface area contributed by atoms with E-state index in [2.05, 4.69) is 38.4 Å². The standard InChI is InChI=1S/C21H37N3O4S2Si/c1-20(2,3)31(5,6)24-14-18(30(22,23)26)29-19(24)21(4,25)16-28-13-12-27-15-17-10-8-7-9-11-17/h7-11,14,19,25H,12-13,15-16H2,1-6H3,(H3,22,23,26). The van der Waals surface area contributed by atoms with Crippen molar-refractivity contribution in [3.63, 3.8) is 0 Å². The number of ether oxygens (including phenoxy) is 2. The quantitative estimate of drug-likeness (QED) is 0.339. The first-order valence-corrected chi connectivity index (χ1v) is 15.8. The molecule has 1 aliphatic rings. The first-order chi connectivity index (χ1) is 14.2. The summed E-state index contributed by atoms with van der Waals surface area (Å²) in [5, 5.41) is 16.5. The summed E-state index contributed by atoms with van der Waals surface area (Å²) < 4.78 is 33.9. The molecule has 7 nitrogen and oxygen atoms in total. The molecule has 1 heterocycles. The van der Waals surface area contributed by atoms with Crippen molar-refractivity contribution < 1.29 is 18.8 Å². The molecule has 3 atom stereocenters. The van der Waals surface area contributed by atoms with Gasteiger partial charge >= 0.3 is 0 Å². The van der Waals surface area contributed by atoms with Crippen molar-refractivity contribution >= 4 is 29.9 Å². The van der Waals surface area contributed by atoms with Crippen molar-refractivity contribution in [1.82, 2.24) is 4.57 Å². The molecule has 2 rings (SSSR count). The summed E-state index contributed by atoms with van der Waals surface area (Å²) in [5.74, 6) is 0. The third-order valence-electron chi connectivity index (χ3n) is 5.91. The van der Waals surface area contributed by atoms with Gasteiger partial charge in [0, 0.05) is 6.20 Å². The zero-order valence-corrected chi connectivity index (χ0v) is 22.0. The highest BCUT2D eigenvalue weighted by Crippen LogP contribution is 2.49. The van der Waals surface area contributed by atoms with Gasteiger partial charge in [0.15, 0.2) is 8.24 Å². The van der Waals surface area contributed by atoms with Gasteiger partial charge in [-0.15, -0.1) is 0 Å². The van der Waals surface area contributed by atoms with Gasteiger partial charge in [-0.1, -0.05) is 76.0 Å². The van der Waals surface area contributed by atoms with Gasteiger partial charge in [0.25, 0.3) is 0 Å². The Balaban J connectivity index is 2.00. The van der Waals surface area contributed by atoms with E-state index in [0.29, 0.717) is 24.1 Å². The molecule has 3 unspecified atom stereocenters. The Hall–Kier alpha value is -0.883. The molecule has 1 aliphatic heterocycles. The van der Waals surface area contributed by atoms with Crippen molar-refractivity contribution in [2.24, 2.45) is 5.14 Å². The van der Waals surface area contributed by atoms with Crippen molar-refractivity contribution in [2.75, 3.05) is 19.8 Å². The second-order valence-corrected chi connectivity index (χ2v) is 17.8. The predicted molar refractivity (Wildman–Crippen MR) is 131 cm³/mol. The van der Waals surface area contributed by atoms with Gasteiger partial charge in [-0.3, -0.25) is 0 Å². The van der Waals surface area contributed by atoms with E-state index in [-0.39, 0.29) is 11.6 Å². The Morgan fingerprint density at radius 3 is 2.32 bits per heavy atom. The lowest BCUT2D eigenvalue weighted by atomic mass is 10.1. The van der Waals surface area contributed by atoms with E-state index >= 15 is 0 Å². The van der Waals surface area contributed by atoms with E-state index in [9.17, 15) is 9.32 Å². The number of aliphatic hydroxyl groups is 1. The molecule has 0 aliphatic carbocycles.